The normalized spacial score (nSPS) is 17.9. The zero-order valence-corrected chi connectivity index (χ0v) is 19.4. The highest BCUT2D eigenvalue weighted by atomic mass is 35.5. The summed E-state index contributed by atoms with van der Waals surface area (Å²) in [4.78, 5) is 29.3. The number of Topliss-reactive ketones (excluding diaryl/α,β-unsaturated/α-hetero) is 1. The van der Waals surface area contributed by atoms with Gasteiger partial charge in [-0.2, -0.15) is 0 Å². The van der Waals surface area contributed by atoms with Crippen LogP contribution in [0, 0.1) is 0 Å². The molecule has 3 rings (SSSR count). The third kappa shape index (κ3) is 4.70. The van der Waals surface area contributed by atoms with Crippen LogP contribution in [0.4, 0.5) is 0 Å². The highest BCUT2D eigenvalue weighted by Crippen LogP contribution is 2.42. The van der Waals surface area contributed by atoms with E-state index in [2.05, 4.69) is 0 Å². The quantitative estimate of drug-likeness (QED) is 0.354. The van der Waals surface area contributed by atoms with Gasteiger partial charge in [-0.1, -0.05) is 29.3 Å². The molecule has 1 heterocycles. The predicted octanol–water partition coefficient (Wildman–Crippen LogP) is 4.08. The molecule has 1 aliphatic rings. The summed E-state index contributed by atoms with van der Waals surface area (Å²) in [6.45, 7) is 0.995. The lowest BCUT2D eigenvalue weighted by atomic mass is 9.95. The van der Waals surface area contributed by atoms with E-state index >= 15 is 0 Å². The number of aliphatic hydroxyl groups is 1. The van der Waals surface area contributed by atoms with Crippen molar-refractivity contribution in [3.05, 3.63) is 63.1 Å². The molecule has 1 atom stereocenters. The topological polar surface area (TPSA) is 90.3 Å². The number of amides is 1. The number of phenolic OH excluding ortho intramolecular Hbond substituents is 1. The lowest BCUT2D eigenvalue weighted by Gasteiger charge is -2.26. The first kappa shape index (κ1) is 23.9. The van der Waals surface area contributed by atoms with Crippen molar-refractivity contribution in [1.82, 2.24) is 9.80 Å². The Kier molecular flexibility index (Phi) is 7.33. The van der Waals surface area contributed by atoms with E-state index < -0.39 is 23.5 Å². The second kappa shape index (κ2) is 9.81. The Morgan fingerprint density at radius 2 is 1.84 bits per heavy atom. The van der Waals surface area contributed by atoms with E-state index in [9.17, 15) is 19.8 Å². The molecule has 7 nitrogen and oxygen atoms in total. The molecule has 1 unspecified atom stereocenters. The van der Waals surface area contributed by atoms with Gasteiger partial charge in [0.05, 0.1) is 34.3 Å². The summed E-state index contributed by atoms with van der Waals surface area (Å²) >= 11 is 12.3. The van der Waals surface area contributed by atoms with Crippen molar-refractivity contribution in [3.63, 3.8) is 0 Å². The number of hydrogen-bond donors (Lipinski definition) is 2. The molecule has 0 radical (unpaired) electrons. The Labute approximate surface area is 196 Å². The summed E-state index contributed by atoms with van der Waals surface area (Å²) in [5.74, 6) is -1.94. The summed E-state index contributed by atoms with van der Waals surface area (Å²) in [5.41, 5.74) is 0.416. The van der Waals surface area contributed by atoms with Crippen LogP contribution >= 0.6 is 23.2 Å². The van der Waals surface area contributed by atoms with E-state index in [0.29, 0.717) is 35.8 Å². The number of aliphatic hydroxyl groups excluding tert-OH is 1. The van der Waals surface area contributed by atoms with Gasteiger partial charge in [0.1, 0.15) is 17.3 Å². The molecule has 0 saturated carbocycles. The first-order chi connectivity index (χ1) is 15.1. The molecule has 170 valence electrons. The molecule has 2 aromatic carbocycles. The average molecular weight is 479 g/mol. The minimum absolute atomic E-state index is 0.0159. The number of methoxy groups -OCH3 is 1. The van der Waals surface area contributed by atoms with Crippen LogP contribution in [-0.2, 0) is 9.59 Å². The smallest absolute Gasteiger partial charge is 0.295 e. The number of carbonyl (C=O) groups is 2. The molecule has 2 N–H and O–H groups in total. The lowest BCUT2D eigenvalue weighted by Crippen LogP contribution is -2.32. The highest BCUT2D eigenvalue weighted by molar-refractivity contribution is 6.47. The van der Waals surface area contributed by atoms with Gasteiger partial charge in [-0.15, -0.1) is 0 Å². The van der Waals surface area contributed by atoms with Crippen LogP contribution in [0.15, 0.2) is 42.0 Å². The number of ketones is 1. The molecule has 1 aliphatic heterocycles. The molecule has 0 aromatic heterocycles. The molecule has 1 fully saturated rings. The number of aromatic hydroxyl groups is 1. The fourth-order valence-corrected chi connectivity index (χ4v) is 3.99. The Bertz CT molecular complexity index is 1080. The van der Waals surface area contributed by atoms with Crippen LogP contribution in [0.1, 0.15) is 23.6 Å². The summed E-state index contributed by atoms with van der Waals surface area (Å²) < 4.78 is 5.07. The summed E-state index contributed by atoms with van der Waals surface area (Å²) in [6, 6.07) is 8.20. The molecule has 0 aliphatic carbocycles. The molecule has 0 bridgehead atoms. The predicted molar refractivity (Wildman–Crippen MR) is 123 cm³/mol. The van der Waals surface area contributed by atoms with Crippen molar-refractivity contribution < 1.29 is 24.5 Å². The standard InChI is InChI=1S/C23H24Cl2N2O5/c1-26(2)9-4-10-27-20(13-5-8-16(24)17(25)11-13)19(22(30)23(27)31)21(29)15-7-6-14(32-3)12-18(15)28/h5-8,11-12,20,28-29H,4,9-10H2,1-3H3. The number of rotatable bonds is 7. The molecule has 0 spiro atoms. The van der Waals surface area contributed by atoms with E-state index in [1.165, 1.54) is 30.2 Å². The van der Waals surface area contributed by atoms with Crippen LogP contribution in [0.5, 0.6) is 11.5 Å². The molecule has 1 saturated heterocycles. The van der Waals surface area contributed by atoms with Crippen molar-refractivity contribution in [2.75, 3.05) is 34.3 Å². The van der Waals surface area contributed by atoms with E-state index in [-0.39, 0.29) is 21.9 Å². The third-order valence-electron chi connectivity index (χ3n) is 5.26. The molecular formula is C23H24Cl2N2O5. The number of nitrogens with zero attached hydrogens (tertiary/aromatic N) is 2. The molecule has 32 heavy (non-hydrogen) atoms. The zero-order chi connectivity index (χ0) is 23.6. The van der Waals surface area contributed by atoms with Crippen molar-refractivity contribution in [1.29, 1.82) is 0 Å². The second-order valence-corrected chi connectivity index (χ2v) is 8.52. The number of ether oxygens (including phenoxy) is 1. The van der Waals surface area contributed by atoms with Gasteiger partial charge in [0.2, 0.25) is 0 Å². The van der Waals surface area contributed by atoms with E-state index in [0.717, 1.165) is 0 Å². The maximum atomic E-state index is 13.0. The van der Waals surface area contributed by atoms with Gasteiger partial charge in [-0.05, 0) is 56.9 Å². The van der Waals surface area contributed by atoms with Gasteiger partial charge in [0.15, 0.2) is 0 Å². The first-order valence-electron chi connectivity index (χ1n) is 9.91. The molecule has 2 aromatic rings. The van der Waals surface area contributed by atoms with Gasteiger partial charge >= 0.3 is 0 Å². The van der Waals surface area contributed by atoms with Crippen LogP contribution in [0.2, 0.25) is 10.0 Å². The minimum Gasteiger partial charge on any atom is -0.507 e. The maximum absolute atomic E-state index is 13.0. The molecule has 9 heteroatoms. The van der Waals surface area contributed by atoms with Gasteiger partial charge in [-0.3, -0.25) is 9.59 Å². The van der Waals surface area contributed by atoms with Crippen molar-refractivity contribution >= 4 is 40.7 Å². The van der Waals surface area contributed by atoms with Gasteiger partial charge in [0.25, 0.3) is 11.7 Å². The number of halogens is 2. The van der Waals surface area contributed by atoms with Crippen molar-refractivity contribution in [2.45, 2.75) is 12.5 Å². The SMILES string of the molecule is COc1ccc(C(O)=C2C(=O)C(=O)N(CCCN(C)C)C2c2ccc(Cl)c(Cl)c2)c(O)c1. The summed E-state index contributed by atoms with van der Waals surface area (Å²) in [6.07, 6.45) is 0.617. The first-order valence-corrected chi connectivity index (χ1v) is 10.7. The molecular weight excluding hydrogens is 455 g/mol. The van der Waals surface area contributed by atoms with Crippen LogP contribution in [0.25, 0.3) is 5.76 Å². The van der Waals surface area contributed by atoms with E-state index in [1.807, 2.05) is 19.0 Å². The van der Waals surface area contributed by atoms with Gasteiger partial charge in [-0.25, -0.2) is 0 Å². The van der Waals surface area contributed by atoms with Gasteiger partial charge in [0, 0.05) is 12.6 Å². The Balaban J connectivity index is 2.15. The summed E-state index contributed by atoms with van der Waals surface area (Å²) in [7, 11) is 5.27. The fraction of sp³-hybridized carbons (Fsp3) is 0.304. The number of phenols is 1. The number of hydrogen-bond acceptors (Lipinski definition) is 6. The Morgan fingerprint density at radius 1 is 1.12 bits per heavy atom. The number of carbonyl (C=O) groups excluding carboxylic acids is 2. The number of likely N-dealkylation sites (tertiary alicyclic amines) is 1. The second-order valence-electron chi connectivity index (χ2n) is 7.71. The monoisotopic (exact) mass is 478 g/mol. The van der Waals surface area contributed by atoms with Crippen molar-refractivity contribution in [2.24, 2.45) is 0 Å². The largest absolute Gasteiger partial charge is 0.507 e. The maximum Gasteiger partial charge on any atom is 0.295 e. The zero-order valence-electron chi connectivity index (χ0n) is 17.9. The lowest BCUT2D eigenvalue weighted by molar-refractivity contribution is -0.139. The van der Waals surface area contributed by atoms with Crippen LogP contribution < -0.4 is 4.74 Å². The van der Waals surface area contributed by atoms with Crippen LogP contribution in [-0.4, -0.2) is 66.0 Å². The third-order valence-corrected chi connectivity index (χ3v) is 6.00. The van der Waals surface area contributed by atoms with E-state index in [4.69, 9.17) is 27.9 Å². The average Bonchev–Trinajstić information content (AvgIpc) is 3.00. The highest BCUT2D eigenvalue weighted by Gasteiger charge is 2.46. The minimum atomic E-state index is -0.881. The Hall–Kier alpha value is -2.74. The molecule has 1 amide bonds. The van der Waals surface area contributed by atoms with Gasteiger partial charge < -0.3 is 24.7 Å². The fourth-order valence-electron chi connectivity index (χ4n) is 3.68. The number of benzene rings is 2. The van der Waals surface area contributed by atoms with E-state index in [1.54, 1.807) is 18.2 Å². The summed E-state index contributed by atoms with van der Waals surface area (Å²) in [5, 5.41) is 22.0. The van der Waals surface area contributed by atoms with Crippen LogP contribution in [0.3, 0.4) is 0 Å². The Morgan fingerprint density at radius 3 is 2.44 bits per heavy atom. The van der Waals surface area contributed by atoms with Crippen molar-refractivity contribution in [3.8, 4) is 11.5 Å².